The van der Waals surface area contributed by atoms with Crippen LogP contribution in [0.3, 0.4) is 0 Å². The first-order valence-electron chi connectivity index (χ1n) is 7.04. The fourth-order valence-electron chi connectivity index (χ4n) is 2.26. The Hall–Kier alpha value is -1.39. The third-order valence-electron chi connectivity index (χ3n) is 2.75. The fraction of sp³-hybridized carbons (Fsp3) is 0.800. The molecule has 1 unspecified atom stereocenters. The van der Waals surface area contributed by atoms with E-state index >= 15 is 0 Å². The second kappa shape index (κ2) is 7.25. The average Bonchev–Trinajstić information content (AvgIpc) is 2.23. The van der Waals surface area contributed by atoms with Crippen molar-refractivity contribution in [1.29, 1.82) is 0 Å². The molecular formula is C15H27F2N3O2. The van der Waals surface area contributed by atoms with E-state index in [2.05, 4.69) is 0 Å². The highest BCUT2D eigenvalue weighted by atomic mass is 19.3. The molecule has 1 amide bonds. The van der Waals surface area contributed by atoms with Crippen molar-refractivity contribution in [1.82, 2.24) is 10.4 Å². The molecule has 5 nitrogen and oxygen atoms in total. The largest absolute Gasteiger partial charge is 0.429 e. The molecule has 0 aromatic rings. The monoisotopic (exact) mass is 319 g/mol. The lowest BCUT2D eigenvalue weighted by molar-refractivity contribution is -0.0574. The van der Waals surface area contributed by atoms with Crippen LogP contribution >= 0.6 is 0 Å². The normalized spacial score (nSPS) is 14.2. The number of rotatable bonds is 5. The van der Waals surface area contributed by atoms with Gasteiger partial charge in [0.2, 0.25) is 0 Å². The van der Waals surface area contributed by atoms with Crippen molar-refractivity contribution >= 4 is 6.09 Å². The molecule has 0 spiro atoms. The summed E-state index contributed by atoms with van der Waals surface area (Å²) < 4.78 is 27.1. The van der Waals surface area contributed by atoms with Gasteiger partial charge < -0.3 is 10.6 Å². The quantitative estimate of drug-likeness (QED) is 0.603. The highest BCUT2D eigenvalue weighted by molar-refractivity contribution is 5.69. The zero-order chi connectivity index (χ0) is 17.8. The van der Waals surface area contributed by atoms with Gasteiger partial charge in [0.25, 0.3) is 5.92 Å². The Morgan fingerprint density at radius 2 is 1.73 bits per heavy atom. The van der Waals surface area contributed by atoms with E-state index in [0.717, 1.165) is 0 Å². The Labute approximate surface area is 131 Å². The van der Waals surface area contributed by atoms with E-state index in [0.29, 0.717) is 0 Å². The Morgan fingerprint density at radius 1 is 1.27 bits per heavy atom. The molecular weight excluding hydrogens is 292 g/mol. The van der Waals surface area contributed by atoms with E-state index in [9.17, 15) is 13.6 Å². The lowest BCUT2D eigenvalue weighted by Crippen LogP contribution is -2.57. The standard InChI is InChI=1S/C15H27F2N3O2/c1-8-11(18)9-15(16,17)10-19-22-12(21)20(13(2,3)4)14(5,6)7/h1,11,19H,9-10,18H2,2-7H3. The maximum absolute atomic E-state index is 13.5. The first kappa shape index (κ1) is 20.6. The van der Waals surface area contributed by atoms with Gasteiger partial charge in [0.15, 0.2) is 0 Å². The van der Waals surface area contributed by atoms with Gasteiger partial charge in [0.1, 0.15) is 0 Å². The van der Waals surface area contributed by atoms with E-state index in [4.69, 9.17) is 17.0 Å². The summed E-state index contributed by atoms with van der Waals surface area (Å²) in [6.07, 6.45) is 3.56. The molecule has 7 heteroatoms. The molecule has 0 radical (unpaired) electrons. The number of terminal acetylenes is 1. The fourth-order valence-corrected chi connectivity index (χ4v) is 2.26. The Balaban J connectivity index is 4.65. The molecule has 128 valence electrons. The highest BCUT2D eigenvalue weighted by Gasteiger charge is 2.38. The van der Waals surface area contributed by atoms with Gasteiger partial charge in [-0.25, -0.2) is 13.6 Å². The van der Waals surface area contributed by atoms with Crippen molar-refractivity contribution in [3.8, 4) is 12.3 Å². The lowest BCUT2D eigenvalue weighted by Gasteiger charge is -2.44. The third kappa shape index (κ3) is 7.05. The second-order valence-corrected chi connectivity index (χ2v) is 7.20. The number of carbonyl (C=O) groups excluding carboxylic acids is 1. The molecule has 0 bridgehead atoms. The predicted octanol–water partition coefficient (Wildman–Crippen LogP) is 2.51. The van der Waals surface area contributed by atoms with Crippen molar-refractivity contribution in [2.45, 2.75) is 71.0 Å². The summed E-state index contributed by atoms with van der Waals surface area (Å²) in [4.78, 5) is 18.4. The number of hydroxylamine groups is 1. The van der Waals surface area contributed by atoms with Crippen LogP contribution in [0.2, 0.25) is 0 Å². The molecule has 0 fully saturated rings. The summed E-state index contributed by atoms with van der Waals surface area (Å²) in [5.41, 5.74) is 6.26. The van der Waals surface area contributed by atoms with Crippen LogP contribution in [-0.2, 0) is 4.84 Å². The molecule has 0 aromatic carbocycles. The molecule has 0 aliphatic rings. The number of hydrogen-bond donors (Lipinski definition) is 2. The van der Waals surface area contributed by atoms with Crippen LogP contribution in [0.15, 0.2) is 0 Å². The molecule has 0 saturated carbocycles. The van der Waals surface area contributed by atoms with E-state index in [-0.39, 0.29) is 0 Å². The second-order valence-electron chi connectivity index (χ2n) is 7.20. The molecule has 0 rings (SSSR count). The Morgan fingerprint density at radius 3 is 2.09 bits per heavy atom. The zero-order valence-electron chi connectivity index (χ0n) is 14.2. The molecule has 1 atom stereocenters. The van der Waals surface area contributed by atoms with Crippen molar-refractivity contribution < 1.29 is 18.4 Å². The molecule has 22 heavy (non-hydrogen) atoms. The summed E-state index contributed by atoms with van der Waals surface area (Å²) in [6.45, 7) is 10.1. The van der Waals surface area contributed by atoms with Crippen LogP contribution in [0.4, 0.5) is 13.6 Å². The molecule has 0 saturated heterocycles. The summed E-state index contributed by atoms with van der Waals surface area (Å²) in [6, 6.07) is -1.05. The number of nitrogens with two attached hydrogens (primary N) is 1. The molecule has 3 N–H and O–H groups in total. The summed E-state index contributed by atoms with van der Waals surface area (Å²) in [7, 11) is 0. The maximum atomic E-state index is 13.5. The molecule has 0 aromatic heterocycles. The van der Waals surface area contributed by atoms with E-state index < -0.39 is 42.1 Å². The lowest BCUT2D eigenvalue weighted by atomic mass is 9.97. The summed E-state index contributed by atoms with van der Waals surface area (Å²) >= 11 is 0. The predicted molar refractivity (Wildman–Crippen MR) is 82.2 cm³/mol. The number of alkyl halides is 2. The van der Waals surface area contributed by atoms with Gasteiger partial charge >= 0.3 is 6.09 Å². The molecule has 0 heterocycles. The Bertz CT molecular complexity index is 406. The number of nitrogens with zero attached hydrogens (tertiary/aromatic N) is 1. The molecule has 0 aliphatic carbocycles. The van der Waals surface area contributed by atoms with Crippen LogP contribution in [0.5, 0.6) is 0 Å². The molecule has 0 aliphatic heterocycles. The number of hydrogen-bond acceptors (Lipinski definition) is 4. The minimum absolute atomic E-state index is 0.522. The number of carbonyl (C=O) groups is 1. The topological polar surface area (TPSA) is 67.6 Å². The van der Waals surface area contributed by atoms with Crippen LogP contribution < -0.4 is 11.2 Å². The van der Waals surface area contributed by atoms with Gasteiger partial charge in [-0.05, 0) is 41.5 Å². The highest BCUT2D eigenvalue weighted by Crippen LogP contribution is 2.25. The average molecular weight is 319 g/mol. The van der Waals surface area contributed by atoms with E-state index in [1.165, 1.54) is 4.90 Å². The van der Waals surface area contributed by atoms with Gasteiger partial charge in [-0.15, -0.1) is 11.9 Å². The number of halogens is 2. The van der Waals surface area contributed by atoms with E-state index in [1.54, 1.807) is 0 Å². The van der Waals surface area contributed by atoms with Crippen molar-refractivity contribution in [2.24, 2.45) is 5.73 Å². The first-order chi connectivity index (χ1) is 9.70. The number of nitrogens with one attached hydrogen (secondary N) is 1. The van der Waals surface area contributed by atoms with E-state index in [1.807, 2.05) is 52.9 Å². The number of amides is 1. The first-order valence-corrected chi connectivity index (χ1v) is 7.04. The third-order valence-corrected chi connectivity index (χ3v) is 2.75. The van der Waals surface area contributed by atoms with Crippen molar-refractivity contribution in [3.05, 3.63) is 0 Å². The van der Waals surface area contributed by atoms with Crippen molar-refractivity contribution in [3.63, 3.8) is 0 Å². The minimum atomic E-state index is -3.17. The van der Waals surface area contributed by atoms with Gasteiger partial charge in [-0.2, -0.15) is 0 Å². The van der Waals surface area contributed by atoms with Crippen LogP contribution in [0.25, 0.3) is 0 Å². The van der Waals surface area contributed by atoms with Crippen LogP contribution in [0, 0.1) is 12.3 Å². The zero-order valence-corrected chi connectivity index (χ0v) is 14.2. The van der Waals surface area contributed by atoms with Gasteiger partial charge in [-0.1, -0.05) is 5.92 Å². The maximum Gasteiger partial charge on any atom is 0.429 e. The summed E-state index contributed by atoms with van der Waals surface area (Å²) in [5, 5.41) is 0. The van der Waals surface area contributed by atoms with Gasteiger partial charge in [0, 0.05) is 17.5 Å². The minimum Gasteiger partial charge on any atom is -0.354 e. The van der Waals surface area contributed by atoms with Crippen LogP contribution in [-0.4, -0.2) is 40.6 Å². The summed E-state index contributed by atoms with van der Waals surface area (Å²) in [5.74, 6) is -1.13. The van der Waals surface area contributed by atoms with Crippen molar-refractivity contribution in [2.75, 3.05) is 6.54 Å². The SMILES string of the molecule is C#CC(N)CC(F)(F)CNOC(=O)N(C(C)(C)C)C(C)(C)C. The van der Waals surface area contributed by atoms with Gasteiger partial charge in [0.05, 0.1) is 12.6 Å². The Kier molecular flexibility index (Phi) is 6.79. The smallest absolute Gasteiger partial charge is 0.354 e. The van der Waals surface area contributed by atoms with Crippen LogP contribution in [0.1, 0.15) is 48.0 Å². The van der Waals surface area contributed by atoms with Gasteiger partial charge in [-0.3, -0.25) is 4.90 Å².